The Morgan fingerprint density at radius 1 is 1.31 bits per heavy atom. The van der Waals surface area contributed by atoms with E-state index in [2.05, 4.69) is 2.94 Å². The Hall–Kier alpha value is -0.650. The monoisotopic (exact) mass is 308 g/mol. The topological polar surface area (TPSA) is 70.0 Å². The van der Waals surface area contributed by atoms with E-state index >= 15 is 0 Å². The van der Waals surface area contributed by atoms with E-state index < -0.39 is 10.0 Å². The second kappa shape index (κ2) is 4.04. The number of rotatable bonds is 2. The maximum Gasteiger partial charge on any atom is 0.249 e. The van der Waals surface area contributed by atoms with E-state index in [0.29, 0.717) is 5.56 Å². The number of nitrogens with zero attached hydrogens (tertiary/aromatic N) is 1. The van der Waals surface area contributed by atoms with Crippen LogP contribution in [-0.4, -0.2) is 8.42 Å². The molecule has 1 N–H and O–H groups in total. The summed E-state index contributed by atoms with van der Waals surface area (Å²) in [5.41, 5.74) is 0.437. The van der Waals surface area contributed by atoms with Gasteiger partial charge in [0.2, 0.25) is 10.0 Å². The van der Waals surface area contributed by atoms with Crippen molar-refractivity contribution in [3.8, 4) is 6.07 Å². The summed E-state index contributed by atoms with van der Waals surface area (Å²) in [4.78, 5) is 0.154. The molecule has 0 spiro atoms. The molecule has 0 atom stereocenters. The first-order chi connectivity index (χ1) is 6.10. The first-order valence-corrected chi connectivity index (χ1v) is 5.79. The van der Waals surface area contributed by atoms with Crippen LogP contribution < -0.4 is 2.94 Å². The molecule has 1 aromatic carbocycles. The van der Waals surface area contributed by atoms with E-state index in [0.717, 1.165) is 0 Å². The third kappa shape index (κ3) is 2.40. The summed E-state index contributed by atoms with van der Waals surface area (Å²) < 4.78 is 24.6. The standard InChI is InChI=1S/C7H5IN2O2S/c8-10-13(11,12)7-3-1-6(5-9)2-4-7/h1-4,10H. The molecule has 1 rings (SSSR count). The predicted octanol–water partition coefficient (Wildman–Crippen LogP) is 1.19. The summed E-state index contributed by atoms with van der Waals surface area (Å²) in [6.45, 7) is 0. The van der Waals surface area contributed by atoms with Crippen LogP contribution in [0.1, 0.15) is 5.56 Å². The van der Waals surface area contributed by atoms with Crippen LogP contribution in [0, 0.1) is 11.3 Å². The molecule has 0 aliphatic heterocycles. The molecule has 4 nitrogen and oxygen atoms in total. The summed E-state index contributed by atoms with van der Waals surface area (Å²) in [7, 11) is -3.40. The van der Waals surface area contributed by atoms with E-state index in [1.165, 1.54) is 24.3 Å². The van der Waals surface area contributed by atoms with Crippen LogP contribution in [0.4, 0.5) is 0 Å². The summed E-state index contributed by atoms with van der Waals surface area (Å²) in [5, 5.41) is 8.47. The molecule has 0 fully saturated rings. The lowest BCUT2D eigenvalue weighted by Gasteiger charge is -1.99. The van der Waals surface area contributed by atoms with Gasteiger partial charge in [0.25, 0.3) is 0 Å². The molecule has 1 aromatic rings. The Labute approximate surface area is 90.1 Å². The third-order valence-corrected chi connectivity index (χ3v) is 4.23. The fourth-order valence-electron chi connectivity index (χ4n) is 0.753. The molecule has 0 radical (unpaired) electrons. The number of nitriles is 1. The summed E-state index contributed by atoms with van der Waals surface area (Å²) in [6, 6.07) is 7.60. The van der Waals surface area contributed by atoms with Crippen LogP contribution >= 0.6 is 22.9 Å². The van der Waals surface area contributed by atoms with Crippen molar-refractivity contribution in [2.75, 3.05) is 0 Å². The quantitative estimate of drug-likeness (QED) is 0.659. The second-order valence-corrected chi connectivity index (χ2v) is 5.17. The second-order valence-electron chi connectivity index (χ2n) is 2.22. The first kappa shape index (κ1) is 10.4. The third-order valence-electron chi connectivity index (χ3n) is 1.40. The minimum atomic E-state index is -3.40. The lowest BCUT2D eigenvalue weighted by molar-refractivity contribution is 0.596. The molecular weight excluding hydrogens is 303 g/mol. The molecule has 0 unspecified atom stereocenters. The molecule has 0 amide bonds. The Morgan fingerprint density at radius 2 is 1.85 bits per heavy atom. The van der Waals surface area contributed by atoms with Crippen LogP contribution in [0.25, 0.3) is 0 Å². The van der Waals surface area contributed by atoms with Gasteiger partial charge in [-0.2, -0.15) is 8.20 Å². The fraction of sp³-hybridized carbons (Fsp3) is 0. The molecule has 0 heterocycles. The zero-order valence-electron chi connectivity index (χ0n) is 6.36. The highest BCUT2D eigenvalue weighted by Crippen LogP contribution is 2.10. The normalized spacial score (nSPS) is 10.8. The number of hydrogen-bond acceptors (Lipinski definition) is 3. The zero-order valence-corrected chi connectivity index (χ0v) is 9.33. The van der Waals surface area contributed by atoms with Gasteiger partial charge in [-0.05, 0) is 24.3 Å². The Balaban J connectivity index is 3.15. The van der Waals surface area contributed by atoms with Crippen molar-refractivity contribution in [2.24, 2.45) is 0 Å². The van der Waals surface area contributed by atoms with E-state index in [1.54, 1.807) is 22.9 Å². The van der Waals surface area contributed by atoms with Crippen LogP contribution in [0.3, 0.4) is 0 Å². The van der Waals surface area contributed by atoms with Gasteiger partial charge in [0, 0.05) is 22.9 Å². The molecular formula is C7H5IN2O2S. The average molecular weight is 308 g/mol. The smallest absolute Gasteiger partial charge is 0.206 e. The van der Waals surface area contributed by atoms with Gasteiger partial charge in [-0.3, -0.25) is 0 Å². The van der Waals surface area contributed by atoms with Crippen LogP contribution in [0.15, 0.2) is 29.2 Å². The van der Waals surface area contributed by atoms with Crippen LogP contribution in [0.2, 0.25) is 0 Å². The van der Waals surface area contributed by atoms with E-state index in [4.69, 9.17) is 5.26 Å². The minimum Gasteiger partial charge on any atom is -0.206 e. The molecule has 68 valence electrons. The zero-order chi connectivity index (χ0) is 9.90. The summed E-state index contributed by atoms with van der Waals surface area (Å²) >= 11 is 1.55. The largest absolute Gasteiger partial charge is 0.249 e. The van der Waals surface area contributed by atoms with Gasteiger partial charge < -0.3 is 0 Å². The van der Waals surface area contributed by atoms with Gasteiger partial charge in [0.1, 0.15) is 0 Å². The highest BCUT2D eigenvalue weighted by atomic mass is 127. The maximum atomic E-state index is 11.2. The van der Waals surface area contributed by atoms with Gasteiger partial charge in [0.05, 0.1) is 16.5 Å². The average Bonchev–Trinajstić information content (AvgIpc) is 2.18. The van der Waals surface area contributed by atoms with Crippen molar-refractivity contribution in [1.29, 1.82) is 5.26 Å². The molecule has 0 saturated heterocycles. The summed E-state index contributed by atoms with van der Waals surface area (Å²) in [5.74, 6) is 0. The Morgan fingerprint density at radius 3 is 2.23 bits per heavy atom. The van der Waals surface area contributed by atoms with Crippen molar-refractivity contribution in [3.63, 3.8) is 0 Å². The van der Waals surface area contributed by atoms with Crippen molar-refractivity contribution in [3.05, 3.63) is 29.8 Å². The number of nitrogens with one attached hydrogen (secondary N) is 1. The van der Waals surface area contributed by atoms with Gasteiger partial charge in [-0.1, -0.05) is 0 Å². The van der Waals surface area contributed by atoms with Gasteiger partial charge in [-0.15, -0.1) is 0 Å². The summed E-state index contributed by atoms with van der Waals surface area (Å²) in [6.07, 6.45) is 0. The molecule has 0 aliphatic rings. The maximum absolute atomic E-state index is 11.2. The van der Waals surface area contributed by atoms with Crippen molar-refractivity contribution in [1.82, 2.24) is 2.94 Å². The van der Waals surface area contributed by atoms with Crippen LogP contribution in [-0.2, 0) is 10.0 Å². The fourth-order valence-corrected chi connectivity index (χ4v) is 2.10. The number of hydrogen-bond donors (Lipinski definition) is 1. The highest BCUT2D eigenvalue weighted by Gasteiger charge is 2.10. The molecule has 0 aromatic heterocycles. The van der Waals surface area contributed by atoms with Gasteiger partial charge >= 0.3 is 0 Å². The SMILES string of the molecule is N#Cc1ccc(S(=O)(=O)NI)cc1. The number of benzene rings is 1. The van der Waals surface area contributed by atoms with E-state index in [-0.39, 0.29) is 4.90 Å². The molecule has 0 aliphatic carbocycles. The predicted molar refractivity (Wildman–Crippen MR) is 55.5 cm³/mol. The molecule has 0 bridgehead atoms. The van der Waals surface area contributed by atoms with Crippen LogP contribution in [0.5, 0.6) is 0 Å². The Bertz CT molecular complexity index is 433. The van der Waals surface area contributed by atoms with Crippen molar-refractivity contribution in [2.45, 2.75) is 4.90 Å². The first-order valence-electron chi connectivity index (χ1n) is 3.23. The minimum absolute atomic E-state index is 0.154. The Kier molecular flexibility index (Phi) is 3.24. The van der Waals surface area contributed by atoms with Gasteiger partial charge in [-0.25, -0.2) is 8.42 Å². The lowest BCUT2D eigenvalue weighted by Crippen LogP contribution is -2.12. The molecule has 6 heteroatoms. The number of sulfonamides is 1. The molecule has 13 heavy (non-hydrogen) atoms. The van der Waals surface area contributed by atoms with Crippen molar-refractivity contribution >= 4 is 32.9 Å². The van der Waals surface area contributed by atoms with E-state index in [9.17, 15) is 8.42 Å². The lowest BCUT2D eigenvalue weighted by atomic mass is 10.2. The van der Waals surface area contributed by atoms with E-state index in [1.807, 2.05) is 6.07 Å². The van der Waals surface area contributed by atoms with Gasteiger partial charge in [0.15, 0.2) is 0 Å². The molecule has 0 saturated carbocycles. The highest BCUT2D eigenvalue weighted by molar-refractivity contribution is 14.1. The number of halogens is 1. The van der Waals surface area contributed by atoms with Crippen molar-refractivity contribution < 1.29 is 8.42 Å².